The number of benzene rings is 1. The van der Waals surface area contributed by atoms with Gasteiger partial charge in [0.2, 0.25) is 0 Å². The fourth-order valence-corrected chi connectivity index (χ4v) is 5.71. The van der Waals surface area contributed by atoms with E-state index in [-0.39, 0.29) is 0 Å². The monoisotopic (exact) mass is 352 g/mol. The number of piperidine rings is 3. The number of fused-ring (bicyclic) bond motifs is 2. The Hall–Kier alpha value is -1.85. The third-order valence-electron chi connectivity index (χ3n) is 6.92. The first kappa shape index (κ1) is 16.3. The van der Waals surface area contributed by atoms with Crippen LogP contribution < -0.4 is 4.74 Å². The number of H-pyrrole nitrogens is 1. The first-order valence-electron chi connectivity index (χ1n) is 9.86. The predicted octanol–water partition coefficient (Wildman–Crippen LogP) is 2.79. The Bertz CT molecular complexity index is 780. The van der Waals surface area contributed by atoms with Gasteiger partial charge in [0.05, 0.1) is 19.1 Å². The summed E-state index contributed by atoms with van der Waals surface area (Å²) >= 11 is 0. The van der Waals surface area contributed by atoms with Gasteiger partial charge in [-0.2, -0.15) is 0 Å². The highest BCUT2D eigenvalue weighted by Gasteiger charge is 2.53. The van der Waals surface area contributed by atoms with Gasteiger partial charge in [-0.3, -0.25) is 9.80 Å². The molecule has 5 heteroatoms. The van der Waals surface area contributed by atoms with Gasteiger partial charge in [0.1, 0.15) is 5.75 Å². The zero-order valence-corrected chi connectivity index (χ0v) is 15.7. The van der Waals surface area contributed by atoms with Gasteiger partial charge in [-0.05, 0) is 44.8 Å². The van der Waals surface area contributed by atoms with Crippen LogP contribution in [0.4, 0.5) is 0 Å². The molecule has 0 spiro atoms. The van der Waals surface area contributed by atoms with E-state index in [2.05, 4.69) is 51.0 Å². The summed E-state index contributed by atoms with van der Waals surface area (Å²) in [5.41, 5.74) is 3.77. The molecule has 5 nitrogen and oxygen atoms in total. The minimum atomic E-state index is 0.512. The van der Waals surface area contributed by atoms with Gasteiger partial charge >= 0.3 is 0 Å². The molecule has 0 saturated carbocycles. The lowest BCUT2D eigenvalue weighted by Crippen LogP contribution is -2.60. The number of nitrogens with one attached hydrogen (secondary N) is 1. The molecule has 26 heavy (non-hydrogen) atoms. The molecular formula is C21H28N4O. The van der Waals surface area contributed by atoms with Crippen molar-refractivity contribution in [3.63, 3.8) is 0 Å². The highest BCUT2D eigenvalue weighted by molar-refractivity contribution is 5.39. The summed E-state index contributed by atoms with van der Waals surface area (Å²) < 4.78 is 5.72. The molecule has 4 aliphatic rings. The normalized spacial score (nSPS) is 33.4. The summed E-state index contributed by atoms with van der Waals surface area (Å²) in [7, 11) is 1.80. The summed E-state index contributed by atoms with van der Waals surface area (Å²) in [5, 5.41) is 0. The second-order valence-corrected chi connectivity index (χ2v) is 8.11. The minimum absolute atomic E-state index is 0.512. The number of para-hydroxylation sites is 1. The van der Waals surface area contributed by atoms with E-state index in [0.717, 1.165) is 24.8 Å². The number of rotatable bonds is 4. The van der Waals surface area contributed by atoms with E-state index < -0.39 is 0 Å². The molecule has 2 bridgehead atoms. The fraction of sp³-hybridized carbons (Fsp3) is 0.571. The summed E-state index contributed by atoms with van der Waals surface area (Å²) in [4.78, 5) is 13.3. The van der Waals surface area contributed by atoms with Crippen molar-refractivity contribution < 1.29 is 4.74 Å². The van der Waals surface area contributed by atoms with Crippen molar-refractivity contribution in [1.82, 2.24) is 19.8 Å². The Labute approximate surface area is 155 Å². The van der Waals surface area contributed by atoms with Gasteiger partial charge in [0.15, 0.2) is 0 Å². The van der Waals surface area contributed by atoms with Crippen LogP contribution in [0, 0.1) is 12.8 Å². The molecule has 0 unspecified atom stereocenters. The number of aryl methyl sites for hydroxylation is 1. The molecule has 1 aromatic carbocycles. The van der Waals surface area contributed by atoms with Crippen LogP contribution in [0.5, 0.6) is 5.75 Å². The van der Waals surface area contributed by atoms with Crippen molar-refractivity contribution >= 4 is 0 Å². The molecule has 6 rings (SSSR count). The highest BCUT2D eigenvalue weighted by Crippen LogP contribution is 2.48. The van der Waals surface area contributed by atoms with Gasteiger partial charge in [-0.15, -0.1) is 0 Å². The molecule has 4 saturated heterocycles. The number of aromatic nitrogens is 2. The standard InChI is InChI=1S/C21H28N4O/c1-14-18(23-13-22-14)12-25-11-17(16-5-3-4-6-19(16)26-2)21-20(25)15-7-9-24(21)10-8-15/h3-6,13,15,17,20-21H,7-12H2,1-2H3,(H,22,23)/t17-,20+,21+/m1/s1. The van der Waals surface area contributed by atoms with Crippen LogP contribution in [0.2, 0.25) is 0 Å². The maximum atomic E-state index is 5.72. The molecule has 3 atom stereocenters. The topological polar surface area (TPSA) is 44.4 Å². The number of imidazole rings is 1. The molecule has 0 amide bonds. The van der Waals surface area contributed by atoms with Crippen molar-refractivity contribution in [3.05, 3.63) is 47.5 Å². The number of ether oxygens (including phenoxy) is 1. The number of hydrogen-bond acceptors (Lipinski definition) is 4. The maximum absolute atomic E-state index is 5.72. The molecule has 1 N–H and O–H groups in total. The van der Waals surface area contributed by atoms with Crippen LogP contribution in [0.1, 0.15) is 35.7 Å². The number of methoxy groups -OCH3 is 1. The van der Waals surface area contributed by atoms with E-state index in [4.69, 9.17) is 4.74 Å². The number of hydrogen-bond donors (Lipinski definition) is 1. The number of likely N-dealkylation sites (tertiary alicyclic amines) is 1. The van der Waals surface area contributed by atoms with Crippen molar-refractivity contribution in [2.24, 2.45) is 5.92 Å². The van der Waals surface area contributed by atoms with Crippen LogP contribution >= 0.6 is 0 Å². The van der Waals surface area contributed by atoms with Gasteiger partial charge < -0.3 is 9.72 Å². The molecule has 0 radical (unpaired) electrons. The third-order valence-corrected chi connectivity index (χ3v) is 6.92. The van der Waals surface area contributed by atoms with E-state index in [1.807, 2.05) is 6.33 Å². The lowest BCUT2D eigenvalue weighted by atomic mass is 9.75. The van der Waals surface area contributed by atoms with Crippen LogP contribution in [-0.2, 0) is 6.54 Å². The quantitative estimate of drug-likeness (QED) is 0.919. The van der Waals surface area contributed by atoms with Crippen molar-refractivity contribution in [3.8, 4) is 5.75 Å². The van der Waals surface area contributed by atoms with Gasteiger partial charge in [-0.1, -0.05) is 18.2 Å². The molecule has 5 heterocycles. The Balaban J connectivity index is 1.51. The molecule has 0 aliphatic carbocycles. The van der Waals surface area contributed by atoms with Crippen LogP contribution in [0.3, 0.4) is 0 Å². The largest absolute Gasteiger partial charge is 0.496 e. The van der Waals surface area contributed by atoms with Crippen molar-refractivity contribution in [1.29, 1.82) is 0 Å². The van der Waals surface area contributed by atoms with Crippen molar-refractivity contribution in [2.75, 3.05) is 26.7 Å². The Morgan fingerprint density at radius 3 is 2.73 bits per heavy atom. The lowest BCUT2D eigenvalue weighted by molar-refractivity contribution is -0.00909. The zero-order chi connectivity index (χ0) is 17.7. The Morgan fingerprint density at radius 1 is 1.19 bits per heavy atom. The molecular weight excluding hydrogens is 324 g/mol. The summed E-state index contributed by atoms with van der Waals surface area (Å²) in [5.74, 6) is 2.37. The van der Waals surface area contributed by atoms with E-state index in [0.29, 0.717) is 18.0 Å². The van der Waals surface area contributed by atoms with Gasteiger partial charge in [-0.25, -0.2) is 4.98 Å². The highest BCUT2D eigenvalue weighted by atomic mass is 16.5. The van der Waals surface area contributed by atoms with Crippen molar-refractivity contribution in [2.45, 2.75) is 44.3 Å². The van der Waals surface area contributed by atoms with Crippen LogP contribution in [0.25, 0.3) is 0 Å². The SMILES string of the molecule is COc1ccccc1[C@H]1CN(Cc2nc[nH]c2C)[C@H]2C3CCN(CC3)[C@@H]12. The smallest absolute Gasteiger partial charge is 0.122 e. The van der Waals surface area contributed by atoms with E-state index in [9.17, 15) is 0 Å². The Kier molecular flexibility index (Phi) is 4.02. The van der Waals surface area contributed by atoms with E-state index in [1.165, 1.54) is 42.9 Å². The maximum Gasteiger partial charge on any atom is 0.122 e. The Morgan fingerprint density at radius 2 is 2.00 bits per heavy atom. The van der Waals surface area contributed by atoms with E-state index >= 15 is 0 Å². The average Bonchev–Trinajstić information content (AvgIpc) is 3.28. The number of aromatic amines is 1. The molecule has 1 aromatic heterocycles. The van der Waals surface area contributed by atoms with Gasteiger partial charge in [0, 0.05) is 42.3 Å². The fourth-order valence-electron chi connectivity index (χ4n) is 5.71. The second-order valence-electron chi connectivity index (χ2n) is 8.11. The lowest BCUT2D eigenvalue weighted by Gasteiger charge is -2.51. The van der Waals surface area contributed by atoms with Gasteiger partial charge in [0.25, 0.3) is 0 Å². The van der Waals surface area contributed by atoms with Crippen LogP contribution in [-0.4, -0.2) is 58.6 Å². The second kappa shape index (κ2) is 6.39. The average molecular weight is 352 g/mol. The minimum Gasteiger partial charge on any atom is -0.496 e. The zero-order valence-electron chi connectivity index (χ0n) is 15.7. The molecule has 4 aliphatic heterocycles. The summed E-state index contributed by atoms with van der Waals surface area (Å²) in [6.45, 7) is 6.69. The first-order valence-corrected chi connectivity index (χ1v) is 9.86. The molecule has 2 aromatic rings. The summed E-state index contributed by atoms with van der Waals surface area (Å²) in [6, 6.07) is 9.87. The van der Waals surface area contributed by atoms with Crippen LogP contribution in [0.15, 0.2) is 30.6 Å². The third kappa shape index (κ3) is 2.48. The first-order chi connectivity index (χ1) is 12.8. The molecule has 138 valence electrons. The summed E-state index contributed by atoms with van der Waals surface area (Å²) in [6.07, 6.45) is 4.51. The van der Waals surface area contributed by atoms with E-state index in [1.54, 1.807) is 7.11 Å². The predicted molar refractivity (Wildman–Crippen MR) is 101 cm³/mol. The number of nitrogens with zero attached hydrogens (tertiary/aromatic N) is 3. The molecule has 4 fully saturated rings.